The Morgan fingerprint density at radius 2 is 1.81 bits per heavy atom. The topological polar surface area (TPSA) is 60.4 Å². The summed E-state index contributed by atoms with van der Waals surface area (Å²) in [5.74, 6) is -0.717. The van der Waals surface area contributed by atoms with Crippen molar-refractivity contribution in [2.75, 3.05) is 12.5 Å². The molecule has 0 amide bonds. The fourth-order valence-electron chi connectivity index (χ4n) is 1.09. The highest BCUT2D eigenvalue weighted by molar-refractivity contribution is 7.89. The lowest BCUT2D eigenvalue weighted by Crippen LogP contribution is -1.95. The average Bonchev–Trinajstić information content (AvgIpc) is 2.18. The summed E-state index contributed by atoms with van der Waals surface area (Å²) in [5, 5.41) is 8.39. The zero-order valence-electron chi connectivity index (χ0n) is 9.68. The van der Waals surface area contributed by atoms with Crippen LogP contribution in [0.4, 0.5) is 0 Å². The van der Waals surface area contributed by atoms with Crippen LogP contribution in [0, 0.1) is 0 Å². The number of carboxylic acids is 1. The highest BCUT2D eigenvalue weighted by Gasteiger charge is 1.96. The molecule has 0 fully saturated rings. The second kappa shape index (κ2) is 9.24. The van der Waals surface area contributed by atoms with Crippen molar-refractivity contribution < 1.29 is 14.5 Å². The largest absolute Gasteiger partial charge is 0.617 e. The van der Waals surface area contributed by atoms with Gasteiger partial charge in [-0.15, -0.1) is 0 Å². The van der Waals surface area contributed by atoms with Crippen LogP contribution in [0.2, 0.25) is 0 Å². The second-order valence-corrected chi connectivity index (χ2v) is 4.96. The quantitative estimate of drug-likeness (QED) is 0.822. The molecule has 0 radical (unpaired) electrons. The number of aliphatic carboxylic acids is 1. The van der Waals surface area contributed by atoms with Crippen LogP contribution in [0.1, 0.15) is 18.4 Å². The molecular weight excluding hydrogens is 224 g/mol. The number of carboxylic acid groups (broad SMARTS) is 1. The summed E-state index contributed by atoms with van der Waals surface area (Å²) in [6.07, 6.45) is 5.11. The molecule has 1 rings (SSSR count). The standard InChI is InChI=1S/C10H12O2.C2H6OS/c11-10(12)8-4-7-9-5-2-1-3-6-9;1-4(2)3/h1-3,5-6H,4,7-8H2,(H,11,12);1-2H3. The maximum atomic E-state index is 10.2. The van der Waals surface area contributed by atoms with Gasteiger partial charge in [-0.25, -0.2) is 0 Å². The molecule has 0 aromatic heterocycles. The van der Waals surface area contributed by atoms with E-state index in [-0.39, 0.29) is 6.42 Å². The number of aryl methyl sites for hydroxylation is 1. The van der Waals surface area contributed by atoms with E-state index in [0.29, 0.717) is 0 Å². The predicted octanol–water partition coefficient (Wildman–Crippen LogP) is 2.09. The fraction of sp³-hybridized carbons (Fsp3) is 0.417. The van der Waals surface area contributed by atoms with Crippen molar-refractivity contribution in [1.29, 1.82) is 0 Å². The van der Waals surface area contributed by atoms with Gasteiger partial charge in [-0.1, -0.05) is 41.5 Å². The maximum absolute atomic E-state index is 10.2. The first-order chi connectivity index (χ1) is 7.52. The molecule has 1 N–H and O–H groups in total. The maximum Gasteiger partial charge on any atom is 0.303 e. The summed E-state index contributed by atoms with van der Waals surface area (Å²) in [6, 6.07) is 9.93. The molecule has 4 heteroatoms. The van der Waals surface area contributed by atoms with Crippen molar-refractivity contribution >= 4 is 17.1 Å². The van der Waals surface area contributed by atoms with E-state index < -0.39 is 17.1 Å². The van der Waals surface area contributed by atoms with E-state index in [0.717, 1.165) is 12.8 Å². The van der Waals surface area contributed by atoms with Crippen LogP contribution in [-0.4, -0.2) is 28.1 Å². The van der Waals surface area contributed by atoms with Crippen LogP contribution < -0.4 is 0 Å². The lowest BCUT2D eigenvalue weighted by molar-refractivity contribution is -0.137. The highest BCUT2D eigenvalue weighted by Crippen LogP contribution is 2.03. The molecule has 0 unspecified atom stereocenters. The number of benzene rings is 1. The van der Waals surface area contributed by atoms with Crippen molar-refractivity contribution in [2.24, 2.45) is 0 Å². The van der Waals surface area contributed by atoms with Gasteiger partial charge in [-0.3, -0.25) is 4.79 Å². The van der Waals surface area contributed by atoms with Crippen molar-refractivity contribution in [2.45, 2.75) is 19.3 Å². The molecule has 0 aliphatic carbocycles. The number of rotatable bonds is 4. The van der Waals surface area contributed by atoms with Crippen molar-refractivity contribution in [3.63, 3.8) is 0 Å². The Labute approximate surface area is 99.7 Å². The van der Waals surface area contributed by atoms with Crippen LogP contribution in [0.25, 0.3) is 0 Å². The molecular formula is C12H18O3S. The summed E-state index contributed by atoms with van der Waals surface area (Å²) in [5.41, 5.74) is 1.21. The number of hydrogen-bond donors (Lipinski definition) is 1. The van der Waals surface area contributed by atoms with Crippen LogP contribution in [0.5, 0.6) is 0 Å². The van der Waals surface area contributed by atoms with E-state index in [9.17, 15) is 9.35 Å². The van der Waals surface area contributed by atoms with Gasteiger partial charge in [0.15, 0.2) is 0 Å². The van der Waals surface area contributed by atoms with Crippen molar-refractivity contribution in [3.8, 4) is 0 Å². The molecule has 1 aromatic carbocycles. The number of carbonyl (C=O) groups is 1. The minimum Gasteiger partial charge on any atom is -0.617 e. The summed E-state index contributed by atoms with van der Waals surface area (Å²) in [6.45, 7) is 0. The van der Waals surface area contributed by atoms with Gasteiger partial charge in [0.05, 0.1) is 12.5 Å². The molecule has 0 atom stereocenters. The van der Waals surface area contributed by atoms with E-state index in [2.05, 4.69) is 0 Å². The number of hydrogen-bond acceptors (Lipinski definition) is 2. The predicted molar refractivity (Wildman–Crippen MR) is 67.0 cm³/mol. The lowest BCUT2D eigenvalue weighted by Gasteiger charge is -1.97. The van der Waals surface area contributed by atoms with Gasteiger partial charge in [-0.05, 0) is 18.4 Å². The Bertz CT molecular complexity index is 283. The molecule has 0 aliphatic rings. The third kappa shape index (κ3) is 11.1. The fourth-order valence-corrected chi connectivity index (χ4v) is 1.09. The molecule has 0 heterocycles. The molecule has 16 heavy (non-hydrogen) atoms. The first-order valence-corrected chi connectivity index (χ1v) is 7.00. The Morgan fingerprint density at radius 1 is 1.31 bits per heavy atom. The third-order valence-electron chi connectivity index (χ3n) is 1.70. The normalized spacial score (nSPS) is 9.50. The molecule has 90 valence electrons. The van der Waals surface area contributed by atoms with E-state index in [1.807, 2.05) is 30.3 Å². The monoisotopic (exact) mass is 242 g/mol. The van der Waals surface area contributed by atoms with Crippen molar-refractivity contribution in [3.05, 3.63) is 35.9 Å². The van der Waals surface area contributed by atoms with Crippen LogP contribution in [0.15, 0.2) is 30.3 Å². The first kappa shape index (κ1) is 15.0. The van der Waals surface area contributed by atoms with Gasteiger partial charge in [0.2, 0.25) is 0 Å². The molecule has 1 aromatic rings. The highest BCUT2D eigenvalue weighted by atomic mass is 32.2. The van der Waals surface area contributed by atoms with E-state index in [4.69, 9.17) is 5.11 Å². The van der Waals surface area contributed by atoms with Gasteiger partial charge in [0.1, 0.15) is 0 Å². The summed E-state index contributed by atoms with van der Waals surface area (Å²) in [7, 11) is 0. The Hall–Kier alpha value is -1.00. The molecule has 0 spiro atoms. The SMILES string of the molecule is C[S+](C)[O-].O=C(O)CCCc1ccccc1. The molecule has 3 nitrogen and oxygen atoms in total. The van der Waals surface area contributed by atoms with E-state index >= 15 is 0 Å². The van der Waals surface area contributed by atoms with E-state index in [1.54, 1.807) is 12.5 Å². The average molecular weight is 242 g/mol. The molecule has 0 aliphatic heterocycles. The molecule has 0 saturated heterocycles. The van der Waals surface area contributed by atoms with Gasteiger partial charge in [-0.2, -0.15) is 0 Å². The first-order valence-electron chi connectivity index (χ1n) is 5.03. The molecule has 0 bridgehead atoms. The smallest absolute Gasteiger partial charge is 0.303 e. The van der Waals surface area contributed by atoms with Crippen LogP contribution in [-0.2, 0) is 22.4 Å². The minimum atomic E-state index is -0.717. The Balaban J connectivity index is 0.000000487. The minimum absolute atomic E-state index is 0.259. The lowest BCUT2D eigenvalue weighted by atomic mass is 10.1. The summed E-state index contributed by atoms with van der Waals surface area (Å²) < 4.78 is 9.56. The van der Waals surface area contributed by atoms with Gasteiger partial charge in [0.25, 0.3) is 0 Å². The zero-order chi connectivity index (χ0) is 12.4. The third-order valence-corrected chi connectivity index (χ3v) is 1.70. The van der Waals surface area contributed by atoms with Gasteiger partial charge < -0.3 is 9.66 Å². The van der Waals surface area contributed by atoms with E-state index in [1.165, 1.54) is 5.56 Å². The van der Waals surface area contributed by atoms with Crippen molar-refractivity contribution in [1.82, 2.24) is 0 Å². The van der Waals surface area contributed by atoms with Gasteiger partial charge in [0, 0.05) is 6.42 Å². The Morgan fingerprint density at radius 3 is 2.25 bits per heavy atom. The summed E-state index contributed by atoms with van der Waals surface area (Å²) in [4.78, 5) is 10.2. The van der Waals surface area contributed by atoms with Crippen LogP contribution >= 0.6 is 0 Å². The second-order valence-electron chi connectivity index (χ2n) is 3.47. The van der Waals surface area contributed by atoms with Gasteiger partial charge >= 0.3 is 5.97 Å². The van der Waals surface area contributed by atoms with Crippen LogP contribution in [0.3, 0.4) is 0 Å². The summed E-state index contributed by atoms with van der Waals surface area (Å²) >= 11 is -0.611. The Kier molecular flexibility index (Phi) is 8.66. The molecule has 0 saturated carbocycles. The zero-order valence-corrected chi connectivity index (χ0v) is 10.5.